The summed E-state index contributed by atoms with van der Waals surface area (Å²) in [6.45, 7) is 0. The molecule has 0 aromatic rings. The molecule has 6 heavy (non-hydrogen) atoms. The van der Waals surface area contributed by atoms with Gasteiger partial charge in [-0.25, -0.2) is 0 Å². The third-order valence-electron chi connectivity index (χ3n) is 0.759. The largest absolute Gasteiger partial charge is 0.109 e. The van der Waals surface area contributed by atoms with Gasteiger partial charge in [-0.3, -0.25) is 0 Å². The summed E-state index contributed by atoms with van der Waals surface area (Å²) >= 11 is 5.18. The smallest absolute Gasteiger partial charge is 0.0462 e. The van der Waals surface area contributed by atoms with E-state index in [1.165, 1.54) is 23.9 Å². The van der Waals surface area contributed by atoms with Crippen molar-refractivity contribution in [1.29, 1.82) is 0 Å². The normalized spacial score (nSPS) is 16.5. The van der Waals surface area contributed by atoms with Gasteiger partial charge in [-0.1, -0.05) is 11.6 Å². The SMILES string of the molecule is ClC=C=C1CC1. The van der Waals surface area contributed by atoms with Crippen LogP contribution in [0.25, 0.3) is 0 Å². The van der Waals surface area contributed by atoms with Gasteiger partial charge in [0, 0.05) is 5.54 Å². The Hall–Kier alpha value is -0.190. The predicted molar refractivity (Wildman–Crippen MR) is 26.7 cm³/mol. The summed E-state index contributed by atoms with van der Waals surface area (Å²) in [5.74, 6) is 0. The second-order valence-corrected chi connectivity index (χ2v) is 1.58. The van der Waals surface area contributed by atoms with Crippen LogP contribution in [-0.4, -0.2) is 0 Å². The molecule has 1 rings (SSSR count). The first-order valence-corrected chi connectivity index (χ1v) is 2.40. The average molecular weight is 101 g/mol. The molecule has 0 heterocycles. The van der Waals surface area contributed by atoms with Crippen LogP contribution < -0.4 is 0 Å². The first kappa shape index (κ1) is 3.98. The van der Waals surface area contributed by atoms with E-state index in [0.717, 1.165) is 0 Å². The van der Waals surface area contributed by atoms with Gasteiger partial charge >= 0.3 is 0 Å². The van der Waals surface area contributed by atoms with E-state index in [1.54, 1.807) is 0 Å². The lowest BCUT2D eigenvalue weighted by Gasteiger charge is -1.49. The number of rotatable bonds is 0. The molecule has 0 amide bonds. The van der Waals surface area contributed by atoms with E-state index in [9.17, 15) is 0 Å². The minimum Gasteiger partial charge on any atom is -0.109 e. The number of hydrogen-bond acceptors (Lipinski definition) is 0. The number of halogens is 1. The quantitative estimate of drug-likeness (QED) is 0.409. The minimum absolute atomic E-state index is 1.21. The zero-order valence-electron chi connectivity index (χ0n) is 3.37. The lowest BCUT2D eigenvalue weighted by molar-refractivity contribution is 1.50. The maximum absolute atomic E-state index is 5.18. The van der Waals surface area contributed by atoms with Crippen LogP contribution in [0.4, 0.5) is 0 Å². The Balaban J connectivity index is 2.64. The molecule has 1 saturated carbocycles. The molecule has 0 bridgehead atoms. The van der Waals surface area contributed by atoms with Gasteiger partial charge in [-0.05, 0) is 18.4 Å². The predicted octanol–water partition coefficient (Wildman–Crippen LogP) is 2.06. The molecule has 0 nitrogen and oxygen atoms in total. The highest BCUT2D eigenvalue weighted by Crippen LogP contribution is 2.25. The summed E-state index contributed by atoms with van der Waals surface area (Å²) in [4.78, 5) is 0. The third-order valence-corrected chi connectivity index (χ3v) is 0.868. The summed E-state index contributed by atoms with van der Waals surface area (Å²) in [7, 11) is 0. The van der Waals surface area contributed by atoms with Crippen LogP contribution >= 0.6 is 11.6 Å². The summed E-state index contributed by atoms with van der Waals surface area (Å²) in [6, 6.07) is 0. The van der Waals surface area contributed by atoms with Crippen molar-refractivity contribution in [3.05, 3.63) is 16.8 Å². The van der Waals surface area contributed by atoms with Crippen molar-refractivity contribution in [1.82, 2.24) is 0 Å². The Morgan fingerprint density at radius 3 is 2.50 bits per heavy atom. The molecule has 0 aromatic carbocycles. The number of allylic oxidation sites excluding steroid dienone is 1. The average Bonchev–Trinajstić information content (AvgIpc) is 2.21. The summed E-state index contributed by atoms with van der Waals surface area (Å²) in [5.41, 5.74) is 5.68. The van der Waals surface area contributed by atoms with Crippen LogP contribution in [0.3, 0.4) is 0 Å². The molecule has 1 fully saturated rings. The fourth-order valence-electron chi connectivity index (χ4n) is 0.284. The molecular weight excluding hydrogens is 95.5 g/mol. The molecule has 32 valence electrons. The van der Waals surface area contributed by atoms with Crippen molar-refractivity contribution in [2.24, 2.45) is 0 Å². The lowest BCUT2D eigenvalue weighted by atomic mass is 10.7. The van der Waals surface area contributed by atoms with Crippen molar-refractivity contribution < 1.29 is 0 Å². The van der Waals surface area contributed by atoms with Crippen molar-refractivity contribution >= 4 is 11.6 Å². The van der Waals surface area contributed by atoms with E-state index in [2.05, 4.69) is 5.73 Å². The Bertz CT molecular complexity index is 101. The van der Waals surface area contributed by atoms with Crippen LogP contribution in [0.15, 0.2) is 16.8 Å². The van der Waals surface area contributed by atoms with Crippen molar-refractivity contribution in [3.63, 3.8) is 0 Å². The molecule has 0 atom stereocenters. The van der Waals surface area contributed by atoms with E-state index in [0.29, 0.717) is 0 Å². The second-order valence-electron chi connectivity index (χ2n) is 1.36. The monoisotopic (exact) mass is 100 g/mol. The Morgan fingerprint density at radius 1 is 1.67 bits per heavy atom. The summed E-state index contributed by atoms with van der Waals surface area (Å²) in [5, 5.41) is 0. The molecule has 0 aromatic heterocycles. The van der Waals surface area contributed by atoms with Gasteiger partial charge in [-0.2, -0.15) is 0 Å². The van der Waals surface area contributed by atoms with Crippen LogP contribution in [0, 0.1) is 0 Å². The molecule has 0 aliphatic heterocycles. The van der Waals surface area contributed by atoms with Crippen LogP contribution in [0.2, 0.25) is 0 Å². The lowest BCUT2D eigenvalue weighted by Crippen LogP contribution is -1.26. The highest BCUT2D eigenvalue weighted by molar-refractivity contribution is 6.25. The van der Waals surface area contributed by atoms with Gasteiger partial charge in [-0.15, -0.1) is 5.73 Å². The highest BCUT2D eigenvalue weighted by Gasteiger charge is 2.07. The Morgan fingerprint density at radius 2 is 2.33 bits per heavy atom. The first-order chi connectivity index (χ1) is 2.93. The van der Waals surface area contributed by atoms with Crippen LogP contribution in [0.5, 0.6) is 0 Å². The molecule has 0 N–H and O–H groups in total. The summed E-state index contributed by atoms with van der Waals surface area (Å²) < 4.78 is 0. The Kier molecular flexibility index (Phi) is 0.999. The van der Waals surface area contributed by atoms with Crippen molar-refractivity contribution in [2.75, 3.05) is 0 Å². The maximum Gasteiger partial charge on any atom is 0.0462 e. The van der Waals surface area contributed by atoms with E-state index in [4.69, 9.17) is 11.6 Å². The topological polar surface area (TPSA) is 0 Å². The van der Waals surface area contributed by atoms with Gasteiger partial charge in [0.15, 0.2) is 0 Å². The molecule has 0 spiro atoms. The molecule has 1 aliphatic rings. The first-order valence-electron chi connectivity index (χ1n) is 1.96. The number of hydrogen-bond donors (Lipinski definition) is 0. The molecule has 0 saturated heterocycles. The zero-order chi connectivity index (χ0) is 4.41. The highest BCUT2D eigenvalue weighted by atomic mass is 35.5. The van der Waals surface area contributed by atoms with Gasteiger partial charge in [0.25, 0.3) is 0 Å². The molecule has 1 aliphatic carbocycles. The standard InChI is InChI=1S/C5H5Cl/c6-4-3-5-1-2-5/h4H,1-2H2. The van der Waals surface area contributed by atoms with E-state index < -0.39 is 0 Å². The molecule has 0 unspecified atom stereocenters. The van der Waals surface area contributed by atoms with Gasteiger partial charge in [0.2, 0.25) is 0 Å². The maximum atomic E-state index is 5.18. The second kappa shape index (κ2) is 1.51. The van der Waals surface area contributed by atoms with Gasteiger partial charge < -0.3 is 0 Å². The van der Waals surface area contributed by atoms with Crippen LogP contribution in [-0.2, 0) is 0 Å². The van der Waals surface area contributed by atoms with Gasteiger partial charge in [0.1, 0.15) is 0 Å². The molecular formula is C5H5Cl. The fraction of sp³-hybridized carbons (Fsp3) is 0.400. The molecule has 1 heteroatoms. The van der Waals surface area contributed by atoms with Crippen LogP contribution in [0.1, 0.15) is 12.8 Å². The minimum atomic E-state index is 1.21. The van der Waals surface area contributed by atoms with E-state index >= 15 is 0 Å². The van der Waals surface area contributed by atoms with Crippen molar-refractivity contribution in [3.8, 4) is 0 Å². The summed E-state index contributed by atoms with van der Waals surface area (Å²) in [6.07, 6.45) is 2.42. The van der Waals surface area contributed by atoms with E-state index in [-0.39, 0.29) is 0 Å². The van der Waals surface area contributed by atoms with Gasteiger partial charge in [0.05, 0.1) is 0 Å². The van der Waals surface area contributed by atoms with Crippen molar-refractivity contribution in [2.45, 2.75) is 12.8 Å². The Labute approximate surface area is 42.1 Å². The fourth-order valence-corrected chi connectivity index (χ4v) is 0.438. The zero-order valence-corrected chi connectivity index (χ0v) is 4.13. The van der Waals surface area contributed by atoms with E-state index in [1.807, 2.05) is 0 Å². The molecule has 0 radical (unpaired) electrons. The third kappa shape index (κ3) is 0.891.